The second-order valence-corrected chi connectivity index (χ2v) is 7.29. The van der Waals surface area contributed by atoms with Gasteiger partial charge in [-0.2, -0.15) is 0 Å². The number of ether oxygens (including phenoxy) is 3. The van der Waals surface area contributed by atoms with Crippen LogP contribution < -0.4 is 15.4 Å². The van der Waals surface area contributed by atoms with Crippen molar-refractivity contribution in [3.8, 4) is 5.75 Å². The molecular weight excluding hydrogens is 378 g/mol. The predicted octanol–water partition coefficient (Wildman–Crippen LogP) is 3.50. The molecule has 0 aliphatic carbocycles. The first-order chi connectivity index (χ1) is 13.7. The standard InChI is InChI=1S/C21H34ClN3O3/c1-3-18(28-20-9-6-5-8-19(20)22)14-25-21(23-4-2)24-11-7-12-26-15-17-10-13-27-16-17/h5-6,8-9,17-18H,3-4,7,10-16H2,1-2H3,(H2,23,24,25). The summed E-state index contributed by atoms with van der Waals surface area (Å²) >= 11 is 6.19. The lowest BCUT2D eigenvalue weighted by Crippen LogP contribution is -2.39. The van der Waals surface area contributed by atoms with Crippen molar-refractivity contribution < 1.29 is 14.2 Å². The Balaban J connectivity index is 1.69. The van der Waals surface area contributed by atoms with Crippen LogP contribution in [-0.2, 0) is 9.47 Å². The van der Waals surface area contributed by atoms with E-state index < -0.39 is 0 Å². The fourth-order valence-electron chi connectivity index (χ4n) is 2.85. The van der Waals surface area contributed by atoms with Crippen LogP contribution in [0.4, 0.5) is 0 Å². The number of nitrogens with zero attached hydrogens (tertiary/aromatic N) is 1. The maximum Gasteiger partial charge on any atom is 0.191 e. The van der Waals surface area contributed by atoms with Crippen molar-refractivity contribution in [1.82, 2.24) is 10.6 Å². The largest absolute Gasteiger partial charge is 0.487 e. The Morgan fingerprint density at radius 1 is 1.32 bits per heavy atom. The van der Waals surface area contributed by atoms with Gasteiger partial charge in [0.1, 0.15) is 11.9 Å². The third kappa shape index (κ3) is 8.67. The van der Waals surface area contributed by atoms with Crippen molar-refractivity contribution in [2.24, 2.45) is 10.9 Å². The van der Waals surface area contributed by atoms with Crippen LogP contribution in [0.3, 0.4) is 0 Å². The zero-order valence-electron chi connectivity index (χ0n) is 17.1. The molecule has 2 rings (SSSR count). The van der Waals surface area contributed by atoms with Gasteiger partial charge in [-0.3, -0.25) is 0 Å². The normalized spacial score (nSPS) is 18.1. The minimum Gasteiger partial charge on any atom is -0.487 e. The second-order valence-electron chi connectivity index (χ2n) is 6.88. The summed E-state index contributed by atoms with van der Waals surface area (Å²) in [6.45, 7) is 9.59. The molecule has 1 aromatic carbocycles. The highest BCUT2D eigenvalue weighted by Crippen LogP contribution is 2.24. The third-order valence-electron chi connectivity index (χ3n) is 4.52. The Morgan fingerprint density at radius 3 is 2.89 bits per heavy atom. The zero-order chi connectivity index (χ0) is 20.0. The van der Waals surface area contributed by atoms with Gasteiger partial charge in [0.15, 0.2) is 5.96 Å². The first-order valence-electron chi connectivity index (χ1n) is 10.3. The van der Waals surface area contributed by atoms with Crippen molar-refractivity contribution >= 4 is 17.6 Å². The fraction of sp³-hybridized carbons (Fsp3) is 0.667. The molecule has 1 aromatic rings. The summed E-state index contributed by atoms with van der Waals surface area (Å²) in [6.07, 6.45) is 2.88. The smallest absolute Gasteiger partial charge is 0.191 e. The van der Waals surface area contributed by atoms with E-state index in [0.29, 0.717) is 23.2 Å². The first kappa shape index (κ1) is 22.8. The van der Waals surface area contributed by atoms with E-state index in [2.05, 4.69) is 29.5 Å². The maximum atomic E-state index is 6.19. The summed E-state index contributed by atoms with van der Waals surface area (Å²) < 4.78 is 17.1. The van der Waals surface area contributed by atoms with E-state index in [4.69, 9.17) is 25.8 Å². The topological polar surface area (TPSA) is 64.1 Å². The molecule has 1 aliphatic heterocycles. The van der Waals surface area contributed by atoms with Crippen LogP contribution in [0.1, 0.15) is 33.1 Å². The van der Waals surface area contributed by atoms with Crippen LogP contribution in [0.2, 0.25) is 5.02 Å². The number of aliphatic imine (C=N–C) groups is 1. The molecule has 1 heterocycles. The zero-order valence-corrected chi connectivity index (χ0v) is 17.8. The van der Waals surface area contributed by atoms with E-state index in [9.17, 15) is 0 Å². The molecule has 158 valence electrons. The number of hydrogen-bond acceptors (Lipinski definition) is 4. The number of nitrogens with one attached hydrogen (secondary N) is 2. The van der Waals surface area contributed by atoms with Gasteiger partial charge in [-0.25, -0.2) is 4.99 Å². The lowest BCUT2D eigenvalue weighted by molar-refractivity contribution is 0.0888. The predicted molar refractivity (Wildman–Crippen MR) is 115 cm³/mol. The van der Waals surface area contributed by atoms with Crippen molar-refractivity contribution in [3.63, 3.8) is 0 Å². The number of para-hydroxylation sites is 1. The molecule has 2 unspecified atom stereocenters. The minimum atomic E-state index is -0.0210. The molecule has 0 aromatic heterocycles. The summed E-state index contributed by atoms with van der Waals surface area (Å²) in [4.78, 5) is 4.66. The highest BCUT2D eigenvalue weighted by atomic mass is 35.5. The van der Waals surface area contributed by atoms with E-state index >= 15 is 0 Å². The molecule has 0 saturated carbocycles. The maximum absolute atomic E-state index is 6.19. The van der Waals surface area contributed by atoms with Crippen molar-refractivity contribution in [2.75, 3.05) is 46.1 Å². The Bertz CT molecular complexity index is 580. The molecule has 0 radical (unpaired) electrons. The van der Waals surface area contributed by atoms with Gasteiger partial charge < -0.3 is 24.8 Å². The lowest BCUT2D eigenvalue weighted by Gasteiger charge is -2.18. The van der Waals surface area contributed by atoms with E-state index in [1.165, 1.54) is 0 Å². The van der Waals surface area contributed by atoms with Crippen molar-refractivity contribution in [3.05, 3.63) is 29.3 Å². The lowest BCUT2D eigenvalue weighted by atomic mass is 10.1. The SMILES string of the molecule is CCNC(=NCC(CC)Oc1ccccc1Cl)NCCCOCC1CCOC1. The van der Waals surface area contributed by atoms with Gasteiger partial charge in [0, 0.05) is 32.2 Å². The monoisotopic (exact) mass is 411 g/mol. The first-order valence-corrected chi connectivity index (χ1v) is 10.7. The summed E-state index contributed by atoms with van der Waals surface area (Å²) in [6, 6.07) is 7.54. The van der Waals surface area contributed by atoms with Gasteiger partial charge >= 0.3 is 0 Å². The van der Waals surface area contributed by atoms with Gasteiger partial charge in [0.25, 0.3) is 0 Å². The van der Waals surface area contributed by atoms with Crippen LogP contribution in [0.5, 0.6) is 5.75 Å². The third-order valence-corrected chi connectivity index (χ3v) is 4.83. The van der Waals surface area contributed by atoms with Crippen LogP contribution in [0.25, 0.3) is 0 Å². The molecule has 1 saturated heterocycles. The average Bonchev–Trinajstić information content (AvgIpc) is 3.22. The molecule has 0 amide bonds. The molecule has 0 bridgehead atoms. The molecule has 7 heteroatoms. The Kier molecular flexibility index (Phi) is 11.1. The van der Waals surface area contributed by atoms with E-state index in [-0.39, 0.29) is 6.10 Å². The Hall–Kier alpha value is -1.50. The van der Waals surface area contributed by atoms with Crippen LogP contribution in [-0.4, -0.2) is 58.1 Å². The van der Waals surface area contributed by atoms with E-state index in [1.54, 1.807) is 0 Å². The molecule has 28 heavy (non-hydrogen) atoms. The summed E-state index contributed by atoms with van der Waals surface area (Å²) in [5.74, 6) is 2.07. The van der Waals surface area contributed by atoms with Crippen molar-refractivity contribution in [2.45, 2.75) is 39.2 Å². The van der Waals surface area contributed by atoms with Crippen LogP contribution in [0.15, 0.2) is 29.3 Å². The number of guanidine groups is 1. The van der Waals surface area contributed by atoms with Gasteiger partial charge in [0.2, 0.25) is 0 Å². The number of hydrogen-bond donors (Lipinski definition) is 2. The molecule has 2 N–H and O–H groups in total. The minimum absolute atomic E-state index is 0.0210. The van der Waals surface area contributed by atoms with Crippen LogP contribution in [0, 0.1) is 5.92 Å². The summed E-state index contributed by atoms with van der Waals surface area (Å²) in [5.41, 5.74) is 0. The number of halogens is 1. The van der Waals surface area contributed by atoms with Gasteiger partial charge in [0.05, 0.1) is 24.8 Å². The molecule has 1 fully saturated rings. The Labute approximate surface area is 174 Å². The average molecular weight is 412 g/mol. The van der Waals surface area contributed by atoms with E-state index in [1.807, 2.05) is 24.3 Å². The highest BCUT2D eigenvalue weighted by molar-refractivity contribution is 6.32. The summed E-state index contributed by atoms with van der Waals surface area (Å²) in [5, 5.41) is 7.25. The molecule has 0 spiro atoms. The molecule has 1 aliphatic rings. The molecular formula is C21H34ClN3O3. The summed E-state index contributed by atoms with van der Waals surface area (Å²) in [7, 11) is 0. The fourth-order valence-corrected chi connectivity index (χ4v) is 3.03. The highest BCUT2D eigenvalue weighted by Gasteiger charge is 2.15. The Morgan fingerprint density at radius 2 is 2.18 bits per heavy atom. The molecule has 2 atom stereocenters. The van der Waals surface area contributed by atoms with Crippen LogP contribution >= 0.6 is 11.6 Å². The molecule has 6 nitrogen and oxygen atoms in total. The quantitative estimate of drug-likeness (QED) is 0.313. The second kappa shape index (κ2) is 13.6. The van der Waals surface area contributed by atoms with Gasteiger partial charge in [-0.1, -0.05) is 30.7 Å². The van der Waals surface area contributed by atoms with Gasteiger partial charge in [-0.15, -0.1) is 0 Å². The number of benzene rings is 1. The number of rotatable bonds is 12. The van der Waals surface area contributed by atoms with Crippen molar-refractivity contribution in [1.29, 1.82) is 0 Å². The van der Waals surface area contributed by atoms with Gasteiger partial charge in [-0.05, 0) is 38.3 Å². The van der Waals surface area contributed by atoms with E-state index in [0.717, 1.165) is 64.7 Å².